The Morgan fingerprint density at radius 2 is 1.02 bits per heavy atom. The minimum atomic E-state index is -1.40. The SMILES string of the molecule is [2H]c1c([2H])c([2H])c2c(c1[2H])-c1c([2H])c(-c3c4c([2H])c([2H])c([2H])c([2H])c4c(-c4c([2H])c([2H])c([2H])c5oc6c([2H])c([2H])c([2H])c([2H])c6c45)c4c([2H])c([2H])c([2H])c([2H])c34)c([2H])c([2H])c1C2(C)C. The van der Waals surface area contributed by atoms with E-state index in [2.05, 4.69) is 0 Å². The molecule has 9 rings (SSSR count). The Hall–Kier alpha value is -5.14. The first-order valence-corrected chi connectivity index (χ1v) is 12.9. The fourth-order valence-corrected chi connectivity index (χ4v) is 5.95. The van der Waals surface area contributed by atoms with Gasteiger partial charge >= 0.3 is 0 Å². The summed E-state index contributed by atoms with van der Waals surface area (Å²) in [4.78, 5) is 0. The molecule has 0 aliphatic heterocycles. The molecule has 1 aliphatic carbocycles. The van der Waals surface area contributed by atoms with Crippen LogP contribution in [0.5, 0.6) is 0 Å². The predicted molar refractivity (Wildman–Crippen MR) is 177 cm³/mol. The third kappa shape index (κ3) is 3.08. The highest BCUT2D eigenvalue weighted by atomic mass is 16.3. The molecule has 7 aromatic carbocycles. The van der Waals surface area contributed by atoms with E-state index < -0.39 is 204 Å². The normalized spacial score (nSPS) is 21.0. The molecule has 1 heteroatoms. The van der Waals surface area contributed by atoms with Crippen LogP contribution in [0.15, 0.2) is 137 Å². The third-order valence-electron chi connectivity index (χ3n) is 7.82. The zero-order valence-electron chi connectivity index (χ0n) is 43.9. The van der Waals surface area contributed by atoms with Crippen LogP contribution in [0.3, 0.4) is 0 Å². The molecule has 0 bridgehead atoms. The summed E-state index contributed by atoms with van der Waals surface area (Å²) in [6.45, 7) is 3.12. The molecular weight excluding hydrogens is 508 g/mol. The van der Waals surface area contributed by atoms with Crippen LogP contribution < -0.4 is 0 Å². The fourth-order valence-electron chi connectivity index (χ4n) is 5.95. The topological polar surface area (TPSA) is 13.1 Å². The van der Waals surface area contributed by atoms with E-state index in [1.165, 1.54) is 0 Å². The monoisotopic (exact) mass is 558 g/mol. The van der Waals surface area contributed by atoms with E-state index in [0.717, 1.165) is 0 Å². The molecule has 0 N–H and O–H groups in total. The molecule has 8 aromatic rings. The van der Waals surface area contributed by atoms with Gasteiger partial charge < -0.3 is 4.42 Å². The molecule has 0 atom stereocenters. The molecule has 0 fully saturated rings. The number of fused-ring (bicyclic) bond motifs is 8. The summed E-state index contributed by atoms with van der Waals surface area (Å²) in [5, 5.41) is -3.17. The van der Waals surface area contributed by atoms with Crippen molar-refractivity contribution in [3.63, 3.8) is 0 Å². The Morgan fingerprint density at radius 1 is 0.476 bits per heavy atom. The van der Waals surface area contributed by atoms with Gasteiger partial charge in [0.05, 0.1) is 30.2 Å². The fraction of sp³-hybridized carbons (Fsp3) is 0.0732. The molecule has 0 amide bonds. The van der Waals surface area contributed by atoms with Crippen LogP contribution in [-0.2, 0) is 5.41 Å². The Morgan fingerprint density at radius 3 is 1.76 bits per heavy atom. The van der Waals surface area contributed by atoms with Crippen LogP contribution in [0.25, 0.3) is 76.9 Å². The average Bonchev–Trinajstić information content (AvgIpc) is 3.77. The van der Waals surface area contributed by atoms with Gasteiger partial charge in [0.25, 0.3) is 0 Å². The number of rotatable bonds is 2. The molecule has 0 spiro atoms. The first kappa shape index (κ1) is 10.6. The van der Waals surface area contributed by atoms with Gasteiger partial charge in [-0.15, -0.1) is 0 Å². The maximum absolute atomic E-state index is 9.85. The predicted octanol–water partition coefficient (Wildman–Crippen LogP) is 11.5. The van der Waals surface area contributed by atoms with Gasteiger partial charge in [-0.1, -0.05) is 129 Å². The van der Waals surface area contributed by atoms with Crippen LogP contribution in [0.1, 0.15) is 55.1 Å². The summed E-state index contributed by atoms with van der Waals surface area (Å²) >= 11 is 0. The standard InChI is InChI=1S/C41H28O/c1-41(2)34-19-9-7-12-26(34)33-24-25(22-23-35(33)41)38-27-13-3-5-15-29(27)39(30-16-6-4-14-28(30)38)32-18-11-21-37-40(32)31-17-8-10-20-36(31)42-37/h3-24H,1-2H3/i3D,4D,5D,6D,7D,8D,9D,10D,11D,12D,13D,14D,15D,16D,17D,18D,19D,20D,21D,22D,23D,24D. The van der Waals surface area contributed by atoms with Crippen LogP contribution >= 0.6 is 0 Å². The van der Waals surface area contributed by atoms with E-state index in [9.17, 15) is 11.0 Å². The van der Waals surface area contributed by atoms with Gasteiger partial charge in [-0.25, -0.2) is 0 Å². The molecule has 0 saturated carbocycles. The maximum Gasteiger partial charge on any atom is 0.136 e. The van der Waals surface area contributed by atoms with Crippen molar-refractivity contribution in [1.29, 1.82) is 0 Å². The lowest BCUT2D eigenvalue weighted by Crippen LogP contribution is -2.14. The first-order valence-electron chi connectivity index (χ1n) is 23.9. The lowest BCUT2D eigenvalue weighted by atomic mass is 9.81. The van der Waals surface area contributed by atoms with Gasteiger partial charge in [0.15, 0.2) is 0 Å². The maximum atomic E-state index is 9.85. The molecule has 1 nitrogen and oxygen atoms in total. The number of hydrogen-bond acceptors (Lipinski definition) is 1. The van der Waals surface area contributed by atoms with Gasteiger partial charge in [-0.2, -0.15) is 0 Å². The highest BCUT2D eigenvalue weighted by Gasteiger charge is 2.35. The molecule has 42 heavy (non-hydrogen) atoms. The van der Waals surface area contributed by atoms with Crippen molar-refractivity contribution >= 4 is 43.5 Å². The van der Waals surface area contributed by atoms with Crippen LogP contribution in [0.4, 0.5) is 0 Å². The average molecular weight is 559 g/mol. The zero-order valence-corrected chi connectivity index (χ0v) is 21.9. The van der Waals surface area contributed by atoms with Crippen molar-refractivity contribution in [3.8, 4) is 33.4 Å². The molecule has 198 valence electrons. The smallest absolute Gasteiger partial charge is 0.136 e. The lowest BCUT2D eigenvalue weighted by molar-refractivity contribution is 0.660. The number of para-hydroxylation sites is 1. The molecule has 1 aromatic heterocycles. The van der Waals surface area contributed by atoms with Crippen LogP contribution in [0.2, 0.25) is 0 Å². The van der Waals surface area contributed by atoms with Crippen molar-refractivity contribution in [2.24, 2.45) is 0 Å². The Balaban J connectivity index is 1.65. The minimum absolute atomic E-state index is 0.0160. The summed E-state index contributed by atoms with van der Waals surface area (Å²) < 4.78 is 204. The second kappa shape index (κ2) is 8.44. The second-order valence-electron chi connectivity index (χ2n) is 10.4. The van der Waals surface area contributed by atoms with Crippen LogP contribution in [0, 0.1) is 0 Å². The summed E-state index contributed by atoms with van der Waals surface area (Å²) in [6.07, 6.45) is 0. The zero-order chi connectivity index (χ0) is 47.1. The van der Waals surface area contributed by atoms with Gasteiger partial charge in [-0.05, 0) is 84.2 Å². The van der Waals surface area contributed by atoms with Crippen molar-refractivity contribution in [2.45, 2.75) is 19.3 Å². The van der Waals surface area contributed by atoms with Crippen molar-refractivity contribution in [2.75, 3.05) is 0 Å². The summed E-state index contributed by atoms with van der Waals surface area (Å²) in [5.74, 6) is 0. The van der Waals surface area contributed by atoms with Crippen molar-refractivity contribution < 1.29 is 34.6 Å². The van der Waals surface area contributed by atoms with Crippen molar-refractivity contribution in [1.82, 2.24) is 0 Å². The second-order valence-corrected chi connectivity index (χ2v) is 10.4. The number of furan rings is 1. The Labute approximate surface area is 275 Å². The van der Waals surface area contributed by atoms with E-state index in [1.54, 1.807) is 13.8 Å². The molecule has 1 aliphatic rings. The van der Waals surface area contributed by atoms with E-state index in [1.807, 2.05) is 0 Å². The van der Waals surface area contributed by atoms with E-state index in [-0.39, 0.29) is 22.3 Å². The van der Waals surface area contributed by atoms with Gasteiger partial charge in [-0.3, -0.25) is 0 Å². The highest BCUT2D eigenvalue weighted by molar-refractivity contribution is 6.25. The molecular formula is C41H28O. The summed E-state index contributed by atoms with van der Waals surface area (Å²) in [5.41, 5.74) is -5.13. The molecule has 0 saturated heterocycles. The van der Waals surface area contributed by atoms with E-state index in [0.29, 0.717) is 0 Å². The third-order valence-corrected chi connectivity index (χ3v) is 7.82. The van der Waals surface area contributed by atoms with Crippen LogP contribution in [-0.4, -0.2) is 0 Å². The summed E-state index contributed by atoms with van der Waals surface area (Å²) in [7, 11) is 0. The summed E-state index contributed by atoms with van der Waals surface area (Å²) in [6, 6.07) is -16.8. The molecule has 0 radical (unpaired) electrons. The largest absolute Gasteiger partial charge is 0.456 e. The minimum Gasteiger partial charge on any atom is -0.456 e. The van der Waals surface area contributed by atoms with E-state index >= 15 is 0 Å². The lowest BCUT2D eigenvalue weighted by Gasteiger charge is -2.22. The van der Waals surface area contributed by atoms with E-state index in [4.69, 9.17) is 23.6 Å². The first-order chi connectivity index (χ1) is 29.8. The number of hydrogen-bond donors (Lipinski definition) is 0. The van der Waals surface area contributed by atoms with Crippen molar-refractivity contribution in [3.05, 3.63) is 144 Å². The van der Waals surface area contributed by atoms with Gasteiger partial charge in [0.2, 0.25) is 0 Å². The molecule has 0 unspecified atom stereocenters. The van der Waals surface area contributed by atoms with Gasteiger partial charge in [0, 0.05) is 16.2 Å². The Kier molecular flexibility index (Phi) is 2.13. The Bertz CT molecular complexity index is 3520. The van der Waals surface area contributed by atoms with Gasteiger partial charge in [0.1, 0.15) is 11.2 Å². The quantitative estimate of drug-likeness (QED) is 0.192. The number of benzene rings is 7. The highest BCUT2D eigenvalue weighted by Crippen LogP contribution is 2.51. The molecule has 1 heterocycles.